The van der Waals surface area contributed by atoms with Crippen LogP contribution >= 0.6 is 0 Å². The van der Waals surface area contributed by atoms with Gasteiger partial charge in [0.15, 0.2) is 0 Å². The molecule has 1 aliphatic carbocycles. The topological polar surface area (TPSA) is 85.8 Å². The molecule has 0 radical (unpaired) electrons. The predicted molar refractivity (Wildman–Crippen MR) is 106 cm³/mol. The maximum Gasteiger partial charge on any atom is 0.228 e. The summed E-state index contributed by atoms with van der Waals surface area (Å²) in [6.07, 6.45) is 8.23. The molecule has 7 heteroatoms. The van der Waals surface area contributed by atoms with Gasteiger partial charge >= 0.3 is 0 Å². The van der Waals surface area contributed by atoms with Crippen molar-refractivity contribution in [3.8, 4) is 11.1 Å². The lowest BCUT2D eigenvalue weighted by Gasteiger charge is -2.30. The van der Waals surface area contributed by atoms with Crippen LogP contribution in [0.3, 0.4) is 0 Å². The smallest absolute Gasteiger partial charge is 0.228 e. The lowest BCUT2D eigenvalue weighted by atomic mass is 9.81. The first-order chi connectivity index (χ1) is 13.3. The summed E-state index contributed by atoms with van der Waals surface area (Å²) in [7, 11) is 0. The Kier molecular flexibility index (Phi) is 4.95. The number of nitrogens with one attached hydrogen (secondary N) is 1. The summed E-state index contributed by atoms with van der Waals surface area (Å²) in [6.45, 7) is 5.27. The SMILES string of the molecule is CC1(C)CCn2ncc(-c3cc(NC(=O)[C@@H]4CCCC(N)C4)ncc3F)c2C1. The summed E-state index contributed by atoms with van der Waals surface area (Å²) in [4.78, 5) is 16.7. The average Bonchev–Trinajstić information content (AvgIpc) is 3.05. The number of pyridine rings is 1. The molecule has 2 aromatic rings. The molecule has 3 heterocycles. The molecule has 3 N–H and O–H groups in total. The molecule has 0 bridgehead atoms. The third-order valence-corrected chi connectivity index (χ3v) is 6.08. The van der Waals surface area contributed by atoms with Crippen LogP contribution in [0.15, 0.2) is 18.5 Å². The third kappa shape index (κ3) is 3.81. The van der Waals surface area contributed by atoms with Crippen molar-refractivity contribution in [3.05, 3.63) is 30.0 Å². The molecule has 2 aromatic heterocycles. The number of aryl methyl sites for hydroxylation is 1. The van der Waals surface area contributed by atoms with Gasteiger partial charge in [0.2, 0.25) is 5.91 Å². The first-order valence-corrected chi connectivity index (χ1v) is 10.1. The summed E-state index contributed by atoms with van der Waals surface area (Å²) in [5, 5.41) is 7.30. The monoisotopic (exact) mass is 385 g/mol. The van der Waals surface area contributed by atoms with Gasteiger partial charge in [-0.05, 0) is 43.6 Å². The van der Waals surface area contributed by atoms with E-state index in [9.17, 15) is 9.18 Å². The molecule has 0 saturated heterocycles. The summed E-state index contributed by atoms with van der Waals surface area (Å²) in [5.74, 6) is -0.227. The molecule has 28 heavy (non-hydrogen) atoms. The Balaban J connectivity index is 1.59. The fourth-order valence-corrected chi connectivity index (χ4v) is 4.37. The summed E-state index contributed by atoms with van der Waals surface area (Å²) in [5.41, 5.74) is 8.41. The van der Waals surface area contributed by atoms with Gasteiger partial charge in [-0.1, -0.05) is 20.3 Å². The zero-order chi connectivity index (χ0) is 19.9. The van der Waals surface area contributed by atoms with Crippen LogP contribution in [-0.4, -0.2) is 26.7 Å². The fraction of sp³-hybridized carbons (Fsp3) is 0.571. The second-order valence-corrected chi connectivity index (χ2v) is 8.98. The second kappa shape index (κ2) is 7.28. The van der Waals surface area contributed by atoms with Gasteiger partial charge in [-0.15, -0.1) is 0 Å². The number of amides is 1. The van der Waals surface area contributed by atoms with Crippen LogP contribution in [0.5, 0.6) is 0 Å². The molecular formula is C21H28FN5O. The van der Waals surface area contributed by atoms with Gasteiger partial charge in [-0.2, -0.15) is 5.10 Å². The Morgan fingerprint density at radius 2 is 2.14 bits per heavy atom. The van der Waals surface area contributed by atoms with Crippen molar-refractivity contribution in [2.45, 2.75) is 65.0 Å². The number of carbonyl (C=O) groups excluding carboxylic acids is 1. The molecule has 1 amide bonds. The molecule has 0 spiro atoms. The van der Waals surface area contributed by atoms with Crippen molar-refractivity contribution in [1.82, 2.24) is 14.8 Å². The average molecular weight is 385 g/mol. The van der Waals surface area contributed by atoms with Crippen LogP contribution in [-0.2, 0) is 17.8 Å². The summed E-state index contributed by atoms with van der Waals surface area (Å²) in [6, 6.07) is 1.69. The number of hydrogen-bond acceptors (Lipinski definition) is 4. The largest absolute Gasteiger partial charge is 0.328 e. The van der Waals surface area contributed by atoms with Crippen LogP contribution in [0, 0.1) is 17.2 Å². The first kappa shape index (κ1) is 19.1. The predicted octanol–water partition coefficient (Wildman–Crippen LogP) is 3.51. The van der Waals surface area contributed by atoms with Crippen molar-refractivity contribution >= 4 is 11.7 Å². The molecular weight excluding hydrogens is 357 g/mol. The minimum absolute atomic E-state index is 0.0727. The van der Waals surface area contributed by atoms with Crippen LogP contribution in [0.4, 0.5) is 10.2 Å². The van der Waals surface area contributed by atoms with E-state index in [0.29, 0.717) is 17.8 Å². The molecule has 150 valence electrons. The van der Waals surface area contributed by atoms with Crippen LogP contribution in [0.2, 0.25) is 0 Å². The highest BCUT2D eigenvalue weighted by atomic mass is 19.1. The van der Waals surface area contributed by atoms with E-state index in [1.54, 1.807) is 12.3 Å². The number of hydrogen-bond donors (Lipinski definition) is 2. The zero-order valence-corrected chi connectivity index (χ0v) is 16.5. The van der Waals surface area contributed by atoms with Crippen molar-refractivity contribution in [3.63, 3.8) is 0 Å². The van der Waals surface area contributed by atoms with Crippen molar-refractivity contribution in [2.75, 3.05) is 5.32 Å². The Morgan fingerprint density at radius 3 is 2.93 bits per heavy atom. The molecule has 1 saturated carbocycles. The number of halogens is 1. The van der Waals surface area contributed by atoms with Gasteiger partial charge < -0.3 is 11.1 Å². The number of rotatable bonds is 3. The Morgan fingerprint density at radius 1 is 1.32 bits per heavy atom. The standard InChI is InChI=1S/C21H28FN5O/c1-21(2)6-7-27-18(10-21)16(11-25-27)15-9-19(24-12-17(15)22)26-20(28)13-4-3-5-14(23)8-13/h9,11-14H,3-8,10,23H2,1-2H3,(H,24,26,28)/t13-,14?/m1/s1. The Labute approximate surface area is 164 Å². The molecule has 2 atom stereocenters. The number of nitrogens with zero attached hydrogens (tertiary/aromatic N) is 3. The molecule has 1 aliphatic heterocycles. The molecule has 6 nitrogen and oxygen atoms in total. The van der Waals surface area contributed by atoms with Gasteiger partial charge in [0.25, 0.3) is 0 Å². The quantitative estimate of drug-likeness (QED) is 0.847. The van der Waals surface area contributed by atoms with Crippen molar-refractivity contribution in [1.29, 1.82) is 0 Å². The number of nitrogens with two attached hydrogens (primary N) is 1. The van der Waals surface area contributed by atoms with Crippen molar-refractivity contribution < 1.29 is 9.18 Å². The first-order valence-electron chi connectivity index (χ1n) is 10.1. The van der Waals surface area contributed by atoms with E-state index in [4.69, 9.17) is 5.73 Å². The molecule has 1 unspecified atom stereocenters. The lowest BCUT2D eigenvalue weighted by Crippen LogP contribution is -2.34. The summed E-state index contributed by atoms with van der Waals surface area (Å²) < 4.78 is 16.6. The number of carbonyl (C=O) groups is 1. The highest BCUT2D eigenvalue weighted by Crippen LogP contribution is 2.37. The van der Waals surface area contributed by atoms with Gasteiger partial charge in [0, 0.05) is 35.3 Å². The third-order valence-electron chi connectivity index (χ3n) is 6.08. The lowest BCUT2D eigenvalue weighted by molar-refractivity contribution is -0.120. The van der Waals surface area contributed by atoms with E-state index in [-0.39, 0.29) is 23.3 Å². The van der Waals surface area contributed by atoms with Crippen LogP contribution < -0.4 is 11.1 Å². The van der Waals surface area contributed by atoms with Gasteiger partial charge in [-0.25, -0.2) is 9.37 Å². The Hall–Kier alpha value is -2.28. The zero-order valence-electron chi connectivity index (χ0n) is 16.5. The van der Waals surface area contributed by atoms with Crippen LogP contribution in [0.25, 0.3) is 11.1 Å². The van der Waals surface area contributed by atoms with Gasteiger partial charge in [0.1, 0.15) is 11.6 Å². The van der Waals surface area contributed by atoms with E-state index < -0.39 is 5.82 Å². The summed E-state index contributed by atoms with van der Waals surface area (Å²) >= 11 is 0. The second-order valence-electron chi connectivity index (χ2n) is 8.98. The Bertz CT molecular complexity index is 891. The molecule has 2 aliphatic rings. The highest BCUT2D eigenvalue weighted by Gasteiger charge is 2.30. The maximum atomic E-state index is 14.6. The van der Waals surface area contributed by atoms with E-state index in [1.165, 1.54) is 6.20 Å². The number of aromatic nitrogens is 3. The number of anilines is 1. The van der Waals surface area contributed by atoms with Crippen LogP contribution in [0.1, 0.15) is 51.6 Å². The van der Waals surface area contributed by atoms with Gasteiger partial charge in [0.05, 0.1) is 12.4 Å². The van der Waals surface area contributed by atoms with Crippen molar-refractivity contribution in [2.24, 2.45) is 17.1 Å². The van der Waals surface area contributed by atoms with E-state index >= 15 is 0 Å². The molecule has 1 fully saturated rings. The normalized spacial score (nSPS) is 23.9. The molecule has 4 rings (SSSR count). The minimum atomic E-state index is -0.406. The highest BCUT2D eigenvalue weighted by molar-refractivity contribution is 5.92. The van der Waals surface area contributed by atoms with E-state index in [0.717, 1.165) is 49.9 Å². The van der Waals surface area contributed by atoms with E-state index in [1.807, 2.05) is 4.68 Å². The fourth-order valence-electron chi connectivity index (χ4n) is 4.37. The number of fused-ring (bicyclic) bond motifs is 1. The van der Waals surface area contributed by atoms with E-state index in [2.05, 4.69) is 29.2 Å². The maximum absolute atomic E-state index is 14.6. The minimum Gasteiger partial charge on any atom is -0.328 e. The van der Waals surface area contributed by atoms with Gasteiger partial charge in [-0.3, -0.25) is 9.48 Å². The molecule has 0 aromatic carbocycles.